The average Bonchev–Trinajstić information content (AvgIpc) is 2.27. The van der Waals surface area contributed by atoms with Crippen molar-refractivity contribution >= 4 is 12.6 Å². The minimum atomic E-state index is 0.168. The molecule has 0 aliphatic carbocycles. The number of rotatable bonds is 10. The molecule has 0 heterocycles. The normalized spacial score (nSPS) is 11.8. The molecule has 0 atom stereocenters. The Labute approximate surface area is 105 Å². The summed E-state index contributed by atoms with van der Waals surface area (Å²) < 4.78 is 0. The highest BCUT2D eigenvalue weighted by molar-refractivity contribution is 5.69. The molecule has 0 aromatic rings. The SMILES string of the molecule is CC(C)[C]([C]=O)NCCCN[C]([C]=O)C(C)C. The van der Waals surface area contributed by atoms with E-state index in [4.69, 9.17) is 0 Å². The molecule has 0 fully saturated rings. The first kappa shape index (κ1) is 16.3. The maximum Gasteiger partial charge on any atom is 0.223 e. The Balaban J connectivity index is 3.64. The van der Waals surface area contributed by atoms with Crippen LogP contribution in [0.5, 0.6) is 0 Å². The smallest absolute Gasteiger partial charge is 0.223 e. The van der Waals surface area contributed by atoms with E-state index >= 15 is 0 Å². The Morgan fingerprint density at radius 1 is 0.882 bits per heavy atom. The highest BCUT2D eigenvalue weighted by atomic mass is 16.1. The molecule has 0 saturated carbocycles. The Hall–Kier alpha value is -0.740. The molecule has 2 N–H and O–H groups in total. The lowest BCUT2D eigenvalue weighted by molar-refractivity contribution is 0.499. The third kappa shape index (κ3) is 7.23. The van der Waals surface area contributed by atoms with Gasteiger partial charge in [-0.05, 0) is 31.3 Å². The molecule has 4 nitrogen and oxygen atoms in total. The summed E-state index contributed by atoms with van der Waals surface area (Å²) in [6.45, 7) is 9.16. The van der Waals surface area contributed by atoms with Crippen molar-refractivity contribution in [2.24, 2.45) is 11.8 Å². The van der Waals surface area contributed by atoms with E-state index < -0.39 is 0 Å². The van der Waals surface area contributed by atoms with Crippen molar-refractivity contribution in [2.45, 2.75) is 34.1 Å². The van der Waals surface area contributed by atoms with E-state index in [1.165, 1.54) is 0 Å². The van der Waals surface area contributed by atoms with Gasteiger partial charge >= 0.3 is 0 Å². The van der Waals surface area contributed by atoms with Gasteiger partial charge < -0.3 is 10.6 Å². The van der Waals surface area contributed by atoms with Crippen LogP contribution in [0.3, 0.4) is 0 Å². The predicted octanol–water partition coefficient (Wildman–Crippen LogP) is 1.15. The molecular weight excluding hydrogens is 216 g/mol. The first-order chi connectivity index (χ1) is 8.02. The molecule has 0 saturated heterocycles. The second kappa shape index (κ2) is 9.31. The maximum absolute atomic E-state index is 10.6. The van der Waals surface area contributed by atoms with Crippen LogP contribution in [0.1, 0.15) is 34.1 Å². The fourth-order valence-corrected chi connectivity index (χ4v) is 1.25. The van der Waals surface area contributed by atoms with Gasteiger partial charge in [-0.3, -0.25) is 9.59 Å². The number of carbonyl (C=O) groups excluding carboxylic acids is 2. The molecule has 0 aliphatic heterocycles. The lowest BCUT2D eigenvalue weighted by Crippen LogP contribution is -2.32. The quantitative estimate of drug-likeness (QED) is 0.561. The molecule has 96 valence electrons. The van der Waals surface area contributed by atoms with Crippen LogP contribution in [-0.4, -0.2) is 25.7 Å². The number of nitrogens with one attached hydrogen (secondary N) is 2. The van der Waals surface area contributed by atoms with Crippen molar-refractivity contribution in [2.75, 3.05) is 13.1 Å². The van der Waals surface area contributed by atoms with E-state index in [0.717, 1.165) is 6.42 Å². The summed E-state index contributed by atoms with van der Waals surface area (Å²) in [7, 11) is 0. The summed E-state index contributed by atoms with van der Waals surface area (Å²) in [5, 5.41) is 6.07. The van der Waals surface area contributed by atoms with Gasteiger partial charge in [-0.2, -0.15) is 0 Å². The lowest BCUT2D eigenvalue weighted by atomic mass is 10.1. The van der Waals surface area contributed by atoms with E-state index in [9.17, 15) is 9.59 Å². The molecule has 0 aliphatic rings. The van der Waals surface area contributed by atoms with E-state index in [0.29, 0.717) is 25.2 Å². The van der Waals surface area contributed by atoms with E-state index in [1.54, 1.807) is 0 Å². The minimum Gasteiger partial charge on any atom is -0.302 e. The maximum atomic E-state index is 10.6. The zero-order valence-corrected chi connectivity index (χ0v) is 11.1. The monoisotopic (exact) mass is 238 g/mol. The lowest BCUT2D eigenvalue weighted by Gasteiger charge is -2.16. The summed E-state index contributed by atoms with van der Waals surface area (Å²) in [4.78, 5) is 21.1. The fraction of sp³-hybridized carbons (Fsp3) is 0.692. The van der Waals surface area contributed by atoms with Crippen molar-refractivity contribution in [1.29, 1.82) is 0 Å². The standard InChI is InChI=1S/C13H22N2O2/c1-10(2)12(8-16)14-6-5-7-15-13(9-17)11(3)4/h10-11,14-15H,5-7H2,1-4H3. The van der Waals surface area contributed by atoms with Crippen LogP contribution in [0.15, 0.2) is 0 Å². The van der Waals surface area contributed by atoms with Crippen molar-refractivity contribution in [3.63, 3.8) is 0 Å². The fourth-order valence-electron chi connectivity index (χ4n) is 1.25. The van der Waals surface area contributed by atoms with Gasteiger partial charge in [-0.25, -0.2) is 0 Å². The van der Waals surface area contributed by atoms with Crippen LogP contribution in [0.25, 0.3) is 0 Å². The molecular formula is C13H22N2O2. The number of hydrogen-bond acceptors (Lipinski definition) is 4. The predicted molar refractivity (Wildman–Crippen MR) is 68.2 cm³/mol. The average molecular weight is 238 g/mol. The van der Waals surface area contributed by atoms with E-state index in [-0.39, 0.29) is 11.8 Å². The molecule has 0 rings (SSSR count). The molecule has 0 aromatic carbocycles. The zero-order valence-electron chi connectivity index (χ0n) is 11.1. The highest BCUT2D eigenvalue weighted by Crippen LogP contribution is 2.07. The van der Waals surface area contributed by atoms with Gasteiger partial charge in [0, 0.05) is 0 Å². The second-order valence-electron chi connectivity index (χ2n) is 4.55. The van der Waals surface area contributed by atoms with Crippen molar-refractivity contribution < 1.29 is 9.59 Å². The van der Waals surface area contributed by atoms with Gasteiger partial charge in [-0.15, -0.1) is 0 Å². The van der Waals surface area contributed by atoms with E-state index in [1.807, 2.05) is 40.3 Å². The van der Waals surface area contributed by atoms with Gasteiger partial charge in [0.25, 0.3) is 0 Å². The Morgan fingerprint density at radius 2 is 1.24 bits per heavy atom. The van der Waals surface area contributed by atoms with Gasteiger partial charge in [0.05, 0.1) is 0 Å². The summed E-state index contributed by atoms with van der Waals surface area (Å²) in [6, 6.07) is 1.19. The third-order valence-corrected chi connectivity index (χ3v) is 2.36. The Morgan fingerprint density at radius 3 is 1.47 bits per heavy atom. The largest absolute Gasteiger partial charge is 0.302 e. The molecule has 0 unspecified atom stereocenters. The first-order valence-electron chi connectivity index (χ1n) is 6.00. The summed E-state index contributed by atoms with van der Waals surface area (Å²) in [5.41, 5.74) is 0. The molecule has 4 radical (unpaired) electrons. The van der Waals surface area contributed by atoms with Crippen LogP contribution in [0.2, 0.25) is 0 Å². The van der Waals surface area contributed by atoms with E-state index in [2.05, 4.69) is 10.6 Å². The molecule has 17 heavy (non-hydrogen) atoms. The van der Waals surface area contributed by atoms with Gasteiger partial charge in [0.15, 0.2) is 0 Å². The summed E-state index contributed by atoms with van der Waals surface area (Å²) in [5.74, 6) is 0.336. The second-order valence-corrected chi connectivity index (χ2v) is 4.55. The van der Waals surface area contributed by atoms with Crippen LogP contribution >= 0.6 is 0 Å². The molecule has 0 spiro atoms. The van der Waals surface area contributed by atoms with Gasteiger partial charge in [0.1, 0.15) is 12.1 Å². The van der Waals surface area contributed by atoms with Crippen molar-refractivity contribution in [3.8, 4) is 0 Å². The topological polar surface area (TPSA) is 58.2 Å². The third-order valence-electron chi connectivity index (χ3n) is 2.36. The summed E-state index contributed by atoms with van der Waals surface area (Å²) >= 11 is 0. The summed E-state index contributed by atoms with van der Waals surface area (Å²) in [6.07, 6.45) is 4.63. The van der Waals surface area contributed by atoms with Crippen LogP contribution in [0.4, 0.5) is 0 Å². The van der Waals surface area contributed by atoms with Gasteiger partial charge in [0.2, 0.25) is 12.6 Å². The Kier molecular flexibility index (Phi) is 8.90. The molecule has 4 heteroatoms. The van der Waals surface area contributed by atoms with Crippen molar-refractivity contribution in [1.82, 2.24) is 10.6 Å². The molecule has 0 aromatic heterocycles. The highest BCUT2D eigenvalue weighted by Gasteiger charge is 2.14. The zero-order chi connectivity index (χ0) is 13.3. The van der Waals surface area contributed by atoms with Gasteiger partial charge in [-0.1, -0.05) is 27.7 Å². The van der Waals surface area contributed by atoms with Crippen LogP contribution < -0.4 is 10.6 Å². The van der Waals surface area contributed by atoms with Crippen molar-refractivity contribution in [3.05, 3.63) is 12.1 Å². The minimum absolute atomic E-state index is 0.168. The van der Waals surface area contributed by atoms with Crippen LogP contribution in [-0.2, 0) is 9.59 Å². The molecule has 0 bridgehead atoms. The number of hydrogen-bond donors (Lipinski definition) is 2. The first-order valence-corrected chi connectivity index (χ1v) is 6.00. The van der Waals surface area contributed by atoms with Crippen LogP contribution in [0, 0.1) is 23.9 Å². The Bertz CT molecular complexity index is 195. The molecule has 0 amide bonds.